The van der Waals surface area contributed by atoms with Gasteiger partial charge in [-0.3, -0.25) is 4.79 Å². The Labute approximate surface area is 246 Å². The first-order valence-electron chi connectivity index (χ1n) is 16.1. The fourth-order valence-electron chi connectivity index (χ4n) is 5.45. The highest BCUT2D eigenvalue weighted by Gasteiger charge is 2.27. The minimum atomic E-state index is -0.568. The Morgan fingerprint density at radius 2 is 1.27 bits per heavy atom. The fourth-order valence-corrected chi connectivity index (χ4v) is 5.45. The Hall–Kier alpha value is -2.33. The van der Waals surface area contributed by atoms with E-state index in [1.165, 1.54) is 88.2 Å². The summed E-state index contributed by atoms with van der Waals surface area (Å²) in [7, 11) is 4.31. The molecule has 0 saturated heterocycles. The van der Waals surface area contributed by atoms with Gasteiger partial charge in [-0.25, -0.2) is 0 Å². The van der Waals surface area contributed by atoms with Crippen LogP contribution in [0, 0.1) is 5.92 Å². The second-order valence-corrected chi connectivity index (χ2v) is 12.3. The first kappa shape index (κ1) is 33.9. The number of aryl methyl sites for hydroxylation is 1. The van der Waals surface area contributed by atoms with Crippen LogP contribution in [-0.4, -0.2) is 37.4 Å². The molecule has 2 rings (SSSR count). The molecule has 0 bridgehead atoms. The van der Waals surface area contributed by atoms with Crippen molar-refractivity contribution in [2.75, 3.05) is 20.6 Å². The molecule has 0 saturated carbocycles. The third kappa shape index (κ3) is 14.9. The summed E-state index contributed by atoms with van der Waals surface area (Å²) in [6.45, 7) is 7.80. The molecule has 0 spiro atoms. The summed E-state index contributed by atoms with van der Waals surface area (Å²) in [5.41, 5.74) is 2.61. The summed E-state index contributed by atoms with van der Waals surface area (Å²) >= 11 is 0. The van der Waals surface area contributed by atoms with Gasteiger partial charge in [-0.2, -0.15) is 0 Å². The number of rotatable bonds is 22. The fraction of sp³-hybridized carbons (Fsp3) is 0.639. The molecule has 0 aromatic heterocycles. The molecule has 0 N–H and O–H groups in total. The number of carbonyl (C=O) groups excluding carboxylic acids is 1. The van der Waals surface area contributed by atoms with Gasteiger partial charge in [-0.1, -0.05) is 127 Å². The van der Waals surface area contributed by atoms with Crippen molar-refractivity contribution in [3.05, 3.63) is 65.7 Å². The van der Waals surface area contributed by atoms with Crippen LogP contribution in [0.5, 0.6) is 5.75 Å². The maximum Gasteiger partial charge on any atom is 0.317 e. The zero-order chi connectivity index (χ0) is 29.1. The standard InChI is InChI=1S/C36H58NO3/c1-6-8-9-10-11-12-13-14-15-16-17-19-22-32-25-27-34(28-26-32)39-35(7-2)40-36(38)31(3)29-37(4,5)30-33-23-20-18-21-24-33/h18,20-21,23-28,31,35H,6-17,19,22,29-30H2,1-5H3/q+1. The summed E-state index contributed by atoms with van der Waals surface area (Å²) in [6, 6.07) is 18.7. The Morgan fingerprint density at radius 1 is 0.725 bits per heavy atom. The van der Waals surface area contributed by atoms with Gasteiger partial charge in [0, 0.05) is 12.0 Å². The third-order valence-electron chi connectivity index (χ3n) is 7.71. The van der Waals surface area contributed by atoms with Gasteiger partial charge >= 0.3 is 5.97 Å². The number of ether oxygens (including phenoxy) is 2. The first-order chi connectivity index (χ1) is 19.3. The smallest absolute Gasteiger partial charge is 0.317 e. The Bertz CT molecular complexity index is 909. The van der Waals surface area contributed by atoms with Gasteiger partial charge in [0.15, 0.2) is 0 Å². The number of benzene rings is 2. The zero-order valence-corrected chi connectivity index (χ0v) is 26.3. The van der Waals surface area contributed by atoms with E-state index in [1.807, 2.05) is 32.0 Å². The number of carbonyl (C=O) groups is 1. The average Bonchev–Trinajstić information content (AvgIpc) is 2.94. The van der Waals surface area contributed by atoms with Gasteiger partial charge in [0.05, 0.1) is 20.6 Å². The maximum atomic E-state index is 12.9. The third-order valence-corrected chi connectivity index (χ3v) is 7.71. The van der Waals surface area contributed by atoms with Gasteiger partial charge in [0.2, 0.25) is 6.29 Å². The second-order valence-electron chi connectivity index (χ2n) is 12.3. The number of quaternary nitrogens is 1. The minimum absolute atomic E-state index is 0.199. The molecule has 2 atom stereocenters. The van der Waals surface area contributed by atoms with Crippen LogP contribution in [0.4, 0.5) is 0 Å². The molecule has 4 nitrogen and oxygen atoms in total. The zero-order valence-electron chi connectivity index (χ0n) is 26.3. The van der Waals surface area contributed by atoms with Crippen molar-refractivity contribution in [1.29, 1.82) is 0 Å². The summed E-state index contributed by atoms with van der Waals surface area (Å²) in [5.74, 6) is 0.343. The van der Waals surface area contributed by atoms with Crippen molar-refractivity contribution in [2.45, 2.75) is 123 Å². The molecule has 40 heavy (non-hydrogen) atoms. The lowest BCUT2D eigenvalue weighted by Gasteiger charge is -2.32. The predicted molar refractivity (Wildman–Crippen MR) is 168 cm³/mol. The highest BCUT2D eigenvalue weighted by molar-refractivity contribution is 5.72. The van der Waals surface area contributed by atoms with E-state index >= 15 is 0 Å². The highest BCUT2D eigenvalue weighted by atomic mass is 16.7. The number of hydrogen-bond acceptors (Lipinski definition) is 3. The van der Waals surface area contributed by atoms with Crippen molar-refractivity contribution in [3.63, 3.8) is 0 Å². The van der Waals surface area contributed by atoms with E-state index in [0.717, 1.165) is 23.2 Å². The number of hydrogen-bond donors (Lipinski definition) is 0. The van der Waals surface area contributed by atoms with Gasteiger partial charge in [-0.15, -0.1) is 0 Å². The van der Waals surface area contributed by atoms with Gasteiger partial charge < -0.3 is 14.0 Å². The van der Waals surface area contributed by atoms with E-state index in [9.17, 15) is 4.79 Å². The molecule has 0 amide bonds. The van der Waals surface area contributed by atoms with Crippen LogP contribution in [0.25, 0.3) is 0 Å². The molecule has 0 radical (unpaired) electrons. The van der Waals surface area contributed by atoms with Crippen molar-refractivity contribution < 1.29 is 18.8 Å². The summed E-state index contributed by atoms with van der Waals surface area (Å²) in [6.07, 6.45) is 17.7. The van der Waals surface area contributed by atoms with Crippen LogP contribution in [0.1, 0.15) is 115 Å². The quantitative estimate of drug-likeness (QED) is 0.0631. The molecule has 2 aromatic carbocycles. The second kappa shape index (κ2) is 19.7. The Kier molecular flexibility index (Phi) is 16.7. The Morgan fingerprint density at radius 3 is 1.82 bits per heavy atom. The topological polar surface area (TPSA) is 35.5 Å². The van der Waals surface area contributed by atoms with E-state index in [-0.39, 0.29) is 11.9 Å². The van der Waals surface area contributed by atoms with E-state index in [1.54, 1.807) is 0 Å². The van der Waals surface area contributed by atoms with Crippen LogP contribution in [0.3, 0.4) is 0 Å². The Balaban J connectivity index is 1.63. The number of unbranched alkanes of at least 4 members (excludes halogenated alkanes) is 11. The van der Waals surface area contributed by atoms with Crippen molar-refractivity contribution in [2.24, 2.45) is 5.92 Å². The van der Waals surface area contributed by atoms with Crippen molar-refractivity contribution >= 4 is 5.97 Å². The maximum absolute atomic E-state index is 12.9. The molecule has 0 aliphatic heterocycles. The van der Waals surface area contributed by atoms with Crippen LogP contribution >= 0.6 is 0 Å². The number of esters is 1. The average molecular weight is 553 g/mol. The van der Waals surface area contributed by atoms with Gasteiger partial charge in [0.1, 0.15) is 18.2 Å². The highest BCUT2D eigenvalue weighted by Crippen LogP contribution is 2.20. The molecule has 2 aromatic rings. The van der Waals surface area contributed by atoms with E-state index in [0.29, 0.717) is 13.0 Å². The predicted octanol–water partition coefficient (Wildman–Crippen LogP) is 9.50. The van der Waals surface area contributed by atoms with Crippen LogP contribution in [-0.2, 0) is 22.5 Å². The molecule has 224 valence electrons. The summed E-state index contributed by atoms with van der Waals surface area (Å²) in [5, 5.41) is 0. The normalized spacial score (nSPS) is 13.1. The largest absolute Gasteiger partial charge is 0.455 e. The molecule has 0 aliphatic rings. The monoisotopic (exact) mass is 552 g/mol. The molecule has 0 heterocycles. The minimum Gasteiger partial charge on any atom is -0.455 e. The summed E-state index contributed by atoms with van der Waals surface area (Å²) < 4.78 is 12.5. The van der Waals surface area contributed by atoms with Gasteiger partial charge in [-0.05, 0) is 37.5 Å². The molecule has 2 unspecified atom stereocenters. The SMILES string of the molecule is CCCCCCCCCCCCCCc1ccc(OC(CC)OC(=O)C(C)C[N+](C)(C)Cc2ccccc2)cc1. The summed E-state index contributed by atoms with van der Waals surface area (Å²) in [4.78, 5) is 12.9. The molecule has 4 heteroatoms. The lowest BCUT2D eigenvalue weighted by molar-refractivity contribution is -0.905. The van der Waals surface area contributed by atoms with Crippen LogP contribution < -0.4 is 4.74 Å². The van der Waals surface area contributed by atoms with Crippen molar-refractivity contribution in [3.8, 4) is 5.75 Å². The van der Waals surface area contributed by atoms with E-state index < -0.39 is 6.29 Å². The lowest BCUT2D eigenvalue weighted by atomic mass is 10.0. The van der Waals surface area contributed by atoms with Crippen LogP contribution in [0.15, 0.2) is 54.6 Å². The number of nitrogens with zero attached hydrogens (tertiary/aromatic N) is 1. The van der Waals surface area contributed by atoms with Crippen LogP contribution in [0.2, 0.25) is 0 Å². The molecule has 0 aliphatic carbocycles. The molecule has 0 fully saturated rings. The molecular formula is C36H58NO3+. The van der Waals surface area contributed by atoms with E-state index in [4.69, 9.17) is 9.47 Å². The van der Waals surface area contributed by atoms with Gasteiger partial charge in [0.25, 0.3) is 0 Å². The van der Waals surface area contributed by atoms with Crippen molar-refractivity contribution in [1.82, 2.24) is 0 Å². The first-order valence-corrected chi connectivity index (χ1v) is 16.1. The van der Waals surface area contributed by atoms with E-state index in [2.05, 4.69) is 57.4 Å². The lowest BCUT2D eigenvalue weighted by Crippen LogP contribution is -2.44. The molecular weight excluding hydrogens is 494 g/mol.